The fourth-order valence-corrected chi connectivity index (χ4v) is 2.72. The topological polar surface area (TPSA) is 93.7 Å². The van der Waals surface area contributed by atoms with E-state index < -0.39 is 24.0 Å². The van der Waals surface area contributed by atoms with E-state index in [1.165, 1.54) is 13.8 Å². The van der Waals surface area contributed by atoms with E-state index in [1.807, 2.05) is 42.5 Å². The van der Waals surface area contributed by atoms with Gasteiger partial charge in [0.05, 0.1) is 19.6 Å². The molecule has 2 atom stereocenters. The molecule has 7 heteroatoms. The molecular weight excluding hydrogens is 372 g/mol. The molecule has 0 aliphatic heterocycles. The Morgan fingerprint density at radius 1 is 1.00 bits per heavy atom. The van der Waals surface area contributed by atoms with Crippen LogP contribution in [-0.2, 0) is 25.7 Å². The van der Waals surface area contributed by atoms with Crippen molar-refractivity contribution >= 4 is 17.8 Å². The largest absolute Gasteiger partial charge is 0.497 e. The SMILES string of the molecule is COc1ccc(CNC(=O)[C@@H](C)OC(=O)C[C@H](NC(C)=O)c2ccccc2)cc1. The lowest BCUT2D eigenvalue weighted by Crippen LogP contribution is -2.36. The fourth-order valence-electron chi connectivity index (χ4n) is 2.72. The van der Waals surface area contributed by atoms with Gasteiger partial charge in [0.1, 0.15) is 5.75 Å². The van der Waals surface area contributed by atoms with E-state index >= 15 is 0 Å². The minimum atomic E-state index is -0.950. The molecule has 0 unspecified atom stereocenters. The summed E-state index contributed by atoms with van der Waals surface area (Å²) in [4.78, 5) is 36.0. The van der Waals surface area contributed by atoms with Gasteiger partial charge in [-0.3, -0.25) is 14.4 Å². The predicted octanol–water partition coefficient (Wildman–Crippen LogP) is 2.51. The molecule has 2 amide bonds. The van der Waals surface area contributed by atoms with Crippen LogP contribution in [0.1, 0.15) is 37.4 Å². The van der Waals surface area contributed by atoms with Gasteiger partial charge in [-0.15, -0.1) is 0 Å². The quantitative estimate of drug-likeness (QED) is 0.633. The summed E-state index contributed by atoms with van der Waals surface area (Å²) in [5, 5.41) is 5.47. The van der Waals surface area contributed by atoms with Gasteiger partial charge in [0, 0.05) is 13.5 Å². The van der Waals surface area contributed by atoms with Gasteiger partial charge in [0.2, 0.25) is 5.91 Å². The molecule has 0 aromatic heterocycles. The molecule has 29 heavy (non-hydrogen) atoms. The zero-order chi connectivity index (χ0) is 21.2. The number of ether oxygens (including phenoxy) is 2. The molecular formula is C22H26N2O5. The molecule has 0 saturated carbocycles. The molecule has 0 aliphatic carbocycles. The van der Waals surface area contributed by atoms with Gasteiger partial charge in [0.15, 0.2) is 6.10 Å². The van der Waals surface area contributed by atoms with Gasteiger partial charge in [-0.1, -0.05) is 42.5 Å². The van der Waals surface area contributed by atoms with Gasteiger partial charge in [-0.2, -0.15) is 0 Å². The standard InChI is InChI=1S/C22H26N2O5/c1-15(22(27)23-14-17-9-11-19(28-3)12-10-17)29-21(26)13-20(24-16(2)25)18-7-5-4-6-8-18/h4-12,15,20H,13-14H2,1-3H3,(H,23,27)(H,24,25)/t15-,20+/m1/s1. The summed E-state index contributed by atoms with van der Waals surface area (Å²) in [6, 6.07) is 15.9. The lowest BCUT2D eigenvalue weighted by Gasteiger charge is -2.19. The fraction of sp³-hybridized carbons (Fsp3) is 0.318. The van der Waals surface area contributed by atoms with Gasteiger partial charge in [-0.25, -0.2) is 0 Å². The van der Waals surface area contributed by atoms with Crippen molar-refractivity contribution in [2.24, 2.45) is 0 Å². The Morgan fingerprint density at radius 3 is 2.24 bits per heavy atom. The maximum Gasteiger partial charge on any atom is 0.309 e. The van der Waals surface area contributed by atoms with Crippen molar-refractivity contribution in [3.63, 3.8) is 0 Å². The number of nitrogens with one attached hydrogen (secondary N) is 2. The number of rotatable bonds is 9. The molecule has 0 saturated heterocycles. The predicted molar refractivity (Wildman–Crippen MR) is 108 cm³/mol. The molecule has 2 N–H and O–H groups in total. The van der Waals surface area contributed by atoms with E-state index in [2.05, 4.69) is 10.6 Å². The number of carbonyl (C=O) groups is 3. The lowest BCUT2D eigenvalue weighted by atomic mass is 10.0. The number of amides is 2. The van der Waals surface area contributed by atoms with Gasteiger partial charge < -0.3 is 20.1 Å². The molecule has 0 fully saturated rings. The molecule has 0 spiro atoms. The highest BCUT2D eigenvalue weighted by Gasteiger charge is 2.22. The third-order valence-electron chi connectivity index (χ3n) is 4.25. The molecule has 2 aromatic carbocycles. The van der Waals surface area contributed by atoms with Crippen LogP contribution < -0.4 is 15.4 Å². The van der Waals surface area contributed by atoms with E-state index in [0.717, 1.165) is 16.9 Å². The first-order valence-electron chi connectivity index (χ1n) is 9.31. The monoisotopic (exact) mass is 398 g/mol. The Bertz CT molecular complexity index is 821. The summed E-state index contributed by atoms with van der Waals surface area (Å²) in [7, 11) is 1.58. The van der Waals surface area contributed by atoms with Crippen molar-refractivity contribution in [1.29, 1.82) is 0 Å². The smallest absolute Gasteiger partial charge is 0.309 e. The van der Waals surface area contributed by atoms with Crippen LogP contribution >= 0.6 is 0 Å². The number of esters is 1. The number of carbonyl (C=O) groups excluding carboxylic acids is 3. The zero-order valence-corrected chi connectivity index (χ0v) is 16.8. The van der Waals surface area contributed by atoms with Crippen LogP contribution in [0.5, 0.6) is 5.75 Å². The lowest BCUT2D eigenvalue weighted by molar-refractivity contribution is -0.155. The Kier molecular flexibility index (Phi) is 8.21. The summed E-state index contributed by atoms with van der Waals surface area (Å²) >= 11 is 0. The summed E-state index contributed by atoms with van der Waals surface area (Å²) < 4.78 is 10.3. The van der Waals surface area contributed by atoms with E-state index in [9.17, 15) is 14.4 Å². The second kappa shape index (κ2) is 10.8. The molecule has 2 aromatic rings. The Balaban J connectivity index is 1.87. The summed E-state index contributed by atoms with van der Waals surface area (Å²) in [6.45, 7) is 3.21. The van der Waals surface area contributed by atoms with Gasteiger partial charge >= 0.3 is 5.97 Å². The Hall–Kier alpha value is -3.35. The highest BCUT2D eigenvalue weighted by Crippen LogP contribution is 2.17. The van der Waals surface area contributed by atoms with Crippen LogP contribution in [-0.4, -0.2) is 31.0 Å². The number of hydrogen-bond donors (Lipinski definition) is 2. The zero-order valence-electron chi connectivity index (χ0n) is 16.8. The molecule has 0 radical (unpaired) electrons. The maximum absolute atomic E-state index is 12.3. The minimum Gasteiger partial charge on any atom is -0.497 e. The van der Waals surface area contributed by atoms with Crippen LogP contribution in [0.2, 0.25) is 0 Å². The number of hydrogen-bond acceptors (Lipinski definition) is 5. The average molecular weight is 398 g/mol. The van der Waals surface area contributed by atoms with Crippen molar-refractivity contribution in [3.8, 4) is 5.75 Å². The van der Waals surface area contributed by atoms with Crippen LogP contribution in [0.3, 0.4) is 0 Å². The molecule has 0 bridgehead atoms. The molecule has 0 heterocycles. The van der Waals surface area contributed by atoms with Gasteiger partial charge in [-0.05, 0) is 30.2 Å². The Morgan fingerprint density at radius 2 is 1.66 bits per heavy atom. The van der Waals surface area contributed by atoms with Crippen molar-refractivity contribution in [2.75, 3.05) is 7.11 Å². The second-order valence-corrected chi connectivity index (χ2v) is 6.57. The van der Waals surface area contributed by atoms with Crippen LogP contribution in [0, 0.1) is 0 Å². The second-order valence-electron chi connectivity index (χ2n) is 6.57. The average Bonchev–Trinajstić information content (AvgIpc) is 2.72. The number of benzene rings is 2. The first kappa shape index (κ1) is 21.9. The van der Waals surface area contributed by atoms with Gasteiger partial charge in [0.25, 0.3) is 5.91 Å². The third-order valence-corrected chi connectivity index (χ3v) is 4.25. The first-order chi connectivity index (χ1) is 13.9. The van der Waals surface area contributed by atoms with Crippen molar-refractivity contribution in [2.45, 2.75) is 39.0 Å². The summed E-state index contributed by atoms with van der Waals surface area (Å²) in [5.41, 5.74) is 1.68. The van der Waals surface area contributed by atoms with Crippen LogP contribution in [0.4, 0.5) is 0 Å². The van der Waals surface area contributed by atoms with Crippen molar-refractivity contribution < 1.29 is 23.9 Å². The normalized spacial score (nSPS) is 12.4. The molecule has 7 nitrogen and oxygen atoms in total. The van der Waals surface area contributed by atoms with Crippen molar-refractivity contribution in [1.82, 2.24) is 10.6 Å². The maximum atomic E-state index is 12.3. The van der Waals surface area contributed by atoms with E-state index in [1.54, 1.807) is 19.2 Å². The highest BCUT2D eigenvalue weighted by atomic mass is 16.5. The van der Waals surface area contributed by atoms with E-state index in [4.69, 9.17) is 9.47 Å². The Labute approximate surface area is 170 Å². The summed E-state index contributed by atoms with van der Waals surface area (Å²) in [5.74, 6) is -0.490. The van der Waals surface area contributed by atoms with Crippen LogP contribution in [0.15, 0.2) is 54.6 Å². The number of methoxy groups -OCH3 is 1. The molecule has 2 rings (SSSR count). The van der Waals surface area contributed by atoms with E-state index in [-0.39, 0.29) is 12.3 Å². The van der Waals surface area contributed by atoms with Crippen LogP contribution in [0.25, 0.3) is 0 Å². The summed E-state index contributed by atoms with van der Waals surface area (Å²) in [6.07, 6.45) is -1.02. The third kappa shape index (κ3) is 7.29. The highest BCUT2D eigenvalue weighted by molar-refractivity contribution is 5.83. The minimum absolute atomic E-state index is 0.0697. The first-order valence-corrected chi connectivity index (χ1v) is 9.31. The van der Waals surface area contributed by atoms with E-state index in [0.29, 0.717) is 6.54 Å². The van der Waals surface area contributed by atoms with Crippen molar-refractivity contribution in [3.05, 3.63) is 65.7 Å². The molecule has 0 aliphatic rings. The molecule has 154 valence electrons.